The average Bonchev–Trinajstić information content (AvgIpc) is 3.17. The number of carbonyl (C=O) groups is 2. The van der Waals surface area contributed by atoms with E-state index in [1.807, 2.05) is 12.5 Å². The number of piperidine rings is 1. The predicted octanol–water partition coefficient (Wildman–Crippen LogP) is 3.03. The number of carbonyl (C=O) groups excluding carboxylic acids is 2. The lowest BCUT2D eigenvalue weighted by Crippen LogP contribution is -2.62. The topological polar surface area (TPSA) is 83.1 Å². The van der Waals surface area contributed by atoms with E-state index in [1.165, 1.54) is 41.1 Å². The molecule has 2 amide bonds. The van der Waals surface area contributed by atoms with E-state index in [9.17, 15) is 18.4 Å². The summed E-state index contributed by atoms with van der Waals surface area (Å²) in [6.45, 7) is 1.03. The Balaban J connectivity index is 1.79. The Morgan fingerprint density at radius 1 is 1.23 bits per heavy atom. The monoisotopic (exact) mass is 472 g/mol. The number of hydrogen-bond donors (Lipinski definition) is 3. The van der Waals surface area contributed by atoms with E-state index in [1.54, 1.807) is 0 Å². The highest BCUT2D eigenvalue weighted by Crippen LogP contribution is 2.33. The van der Waals surface area contributed by atoms with E-state index in [0.717, 1.165) is 16.3 Å². The van der Waals surface area contributed by atoms with Gasteiger partial charge in [-0.05, 0) is 56.0 Å². The van der Waals surface area contributed by atoms with Crippen LogP contribution in [0.5, 0.6) is 0 Å². The van der Waals surface area contributed by atoms with Crippen LogP contribution in [0.3, 0.4) is 0 Å². The van der Waals surface area contributed by atoms with Gasteiger partial charge in [0.05, 0.1) is 9.77 Å². The summed E-state index contributed by atoms with van der Waals surface area (Å²) in [6, 6.07) is 3.22. The van der Waals surface area contributed by atoms with Crippen LogP contribution in [0.4, 0.5) is 8.78 Å². The SMILES string of the molecule is CSc1nsc(SC)c1C(=O)NC1(C(=O)NCc2ccc(F)cc2F)CCNCC1. The zero-order valence-electron chi connectivity index (χ0n) is 16.5. The van der Waals surface area contributed by atoms with Gasteiger partial charge < -0.3 is 16.0 Å². The normalized spacial score (nSPS) is 15.6. The minimum atomic E-state index is -1.12. The third kappa shape index (κ3) is 4.96. The number of benzene rings is 1. The van der Waals surface area contributed by atoms with Crippen molar-refractivity contribution < 1.29 is 18.4 Å². The molecule has 2 heterocycles. The molecule has 3 N–H and O–H groups in total. The molecular formula is C19H22F2N4O2S3. The smallest absolute Gasteiger partial charge is 0.256 e. The van der Waals surface area contributed by atoms with Crippen LogP contribution in [0.1, 0.15) is 28.8 Å². The maximum atomic E-state index is 13.9. The van der Waals surface area contributed by atoms with Crippen molar-refractivity contribution in [2.75, 3.05) is 25.6 Å². The molecule has 1 saturated heterocycles. The fourth-order valence-electron chi connectivity index (χ4n) is 3.28. The average molecular weight is 473 g/mol. The summed E-state index contributed by atoms with van der Waals surface area (Å²) in [4.78, 5) is 26.2. The molecule has 1 aliphatic rings. The molecule has 1 aliphatic heterocycles. The lowest BCUT2D eigenvalue weighted by Gasteiger charge is -2.37. The highest BCUT2D eigenvalue weighted by atomic mass is 32.2. The second-order valence-electron chi connectivity index (χ2n) is 6.76. The van der Waals surface area contributed by atoms with Crippen molar-refractivity contribution in [1.29, 1.82) is 0 Å². The minimum Gasteiger partial charge on any atom is -0.350 e. The zero-order valence-corrected chi connectivity index (χ0v) is 19.0. The van der Waals surface area contributed by atoms with Gasteiger partial charge in [-0.3, -0.25) is 9.59 Å². The highest BCUT2D eigenvalue weighted by molar-refractivity contribution is 8.01. The summed E-state index contributed by atoms with van der Waals surface area (Å²) < 4.78 is 32.1. The van der Waals surface area contributed by atoms with Gasteiger partial charge in [-0.2, -0.15) is 4.37 Å². The Bertz CT molecular complexity index is 911. The van der Waals surface area contributed by atoms with Crippen LogP contribution in [-0.4, -0.2) is 47.3 Å². The van der Waals surface area contributed by atoms with Crippen molar-refractivity contribution in [3.8, 4) is 0 Å². The van der Waals surface area contributed by atoms with Crippen LogP contribution in [0.25, 0.3) is 0 Å². The molecule has 1 fully saturated rings. The number of aromatic nitrogens is 1. The molecule has 6 nitrogen and oxygen atoms in total. The summed E-state index contributed by atoms with van der Waals surface area (Å²) in [5, 5.41) is 9.46. The molecule has 1 aromatic heterocycles. The van der Waals surface area contributed by atoms with E-state index in [2.05, 4.69) is 20.3 Å². The second-order valence-corrected chi connectivity index (χ2v) is 9.41. The highest BCUT2D eigenvalue weighted by Gasteiger charge is 2.42. The van der Waals surface area contributed by atoms with Gasteiger partial charge >= 0.3 is 0 Å². The molecule has 0 saturated carbocycles. The van der Waals surface area contributed by atoms with Crippen LogP contribution in [0.15, 0.2) is 27.4 Å². The molecule has 0 aliphatic carbocycles. The fourth-order valence-corrected chi connectivity index (χ4v) is 5.56. The summed E-state index contributed by atoms with van der Waals surface area (Å²) >= 11 is 4.07. The Morgan fingerprint density at radius 3 is 2.60 bits per heavy atom. The van der Waals surface area contributed by atoms with Gasteiger partial charge in [-0.1, -0.05) is 6.07 Å². The largest absolute Gasteiger partial charge is 0.350 e. The molecule has 162 valence electrons. The van der Waals surface area contributed by atoms with Crippen molar-refractivity contribution in [2.24, 2.45) is 0 Å². The molecule has 0 bridgehead atoms. The van der Waals surface area contributed by atoms with E-state index >= 15 is 0 Å². The van der Waals surface area contributed by atoms with Crippen LogP contribution in [-0.2, 0) is 11.3 Å². The van der Waals surface area contributed by atoms with Crippen molar-refractivity contribution in [3.63, 3.8) is 0 Å². The number of halogens is 2. The number of amides is 2. The first-order valence-corrected chi connectivity index (χ1v) is 12.5. The quantitative estimate of drug-likeness (QED) is 0.538. The zero-order chi connectivity index (χ0) is 21.7. The molecule has 2 aromatic rings. The van der Waals surface area contributed by atoms with E-state index in [-0.39, 0.29) is 23.9 Å². The minimum absolute atomic E-state index is 0.0951. The van der Waals surface area contributed by atoms with E-state index < -0.39 is 17.2 Å². The van der Waals surface area contributed by atoms with Gasteiger partial charge in [0.2, 0.25) is 5.91 Å². The summed E-state index contributed by atoms with van der Waals surface area (Å²) in [5.74, 6) is -2.14. The first-order chi connectivity index (χ1) is 14.4. The molecule has 0 spiro atoms. The van der Waals surface area contributed by atoms with Crippen LogP contribution < -0.4 is 16.0 Å². The van der Waals surface area contributed by atoms with Gasteiger partial charge in [0.15, 0.2) is 0 Å². The number of hydrogen-bond acceptors (Lipinski definition) is 7. The second kappa shape index (κ2) is 10.1. The molecule has 3 rings (SSSR count). The predicted molar refractivity (Wildman–Crippen MR) is 116 cm³/mol. The van der Waals surface area contributed by atoms with Gasteiger partial charge in [0.1, 0.15) is 22.2 Å². The third-order valence-electron chi connectivity index (χ3n) is 4.93. The van der Waals surface area contributed by atoms with Gasteiger partial charge in [-0.15, -0.1) is 23.5 Å². The molecule has 0 unspecified atom stereocenters. The first-order valence-electron chi connectivity index (χ1n) is 9.23. The first kappa shape index (κ1) is 23.0. The summed E-state index contributed by atoms with van der Waals surface area (Å²) in [6.07, 6.45) is 4.52. The van der Waals surface area contributed by atoms with Crippen molar-refractivity contribution in [3.05, 3.63) is 41.0 Å². The number of thioether (sulfide) groups is 2. The fraction of sp³-hybridized carbons (Fsp3) is 0.421. The molecule has 30 heavy (non-hydrogen) atoms. The van der Waals surface area contributed by atoms with Gasteiger partial charge in [0, 0.05) is 18.2 Å². The Kier molecular flexibility index (Phi) is 7.72. The molecule has 1 aromatic carbocycles. The van der Waals surface area contributed by atoms with Crippen LogP contribution >= 0.6 is 35.1 Å². The molecule has 0 radical (unpaired) electrons. The van der Waals surface area contributed by atoms with E-state index in [0.29, 0.717) is 36.5 Å². The Labute approximate surface area is 186 Å². The molecule has 0 atom stereocenters. The van der Waals surface area contributed by atoms with Gasteiger partial charge in [0.25, 0.3) is 5.91 Å². The van der Waals surface area contributed by atoms with Crippen molar-refractivity contribution >= 4 is 46.9 Å². The van der Waals surface area contributed by atoms with Crippen molar-refractivity contribution in [1.82, 2.24) is 20.3 Å². The third-order valence-corrected chi connectivity index (χ3v) is 7.67. The lowest BCUT2D eigenvalue weighted by atomic mass is 9.86. The molecule has 11 heteroatoms. The van der Waals surface area contributed by atoms with Crippen LogP contribution in [0.2, 0.25) is 0 Å². The maximum Gasteiger partial charge on any atom is 0.256 e. The lowest BCUT2D eigenvalue weighted by molar-refractivity contribution is -0.128. The van der Waals surface area contributed by atoms with Crippen molar-refractivity contribution in [2.45, 2.75) is 34.2 Å². The standard InChI is InChI=1S/C19H22F2N4O2S3/c1-28-16-14(17(29-2)30-25-16)15(26)24-19(5-7-22-8-6-19)18(27)23-10-11-3-4-12(20)9-13(11)21/h3-4,9,22H,5-8,10H2,1-2H3,(H,23,27)(H,24,26). The van der Waals surface area contributed by atoms with Gasteiger partial charge in [-0.25, -0.2) is 8.78 Å². The Hall–Kier alpha value is -1.69. The summed E-state index contributed by atoms with van der Waals surface area (Å²) in [5.41, 5.74) is -0.460. The Morgan fingerprint density at radius 2 is 1.97 bits per heavy atom. The molecular weight excluding hydrogens is 450 g/mol. The van der Waals surface area contributed by atoms with E-state index in [4.69, 9.17) is 0 Å². The number of rotatable bonds is 7. The van der Waals surface area contributed by atoms with Crippen LogP contribution in [0, 0.1) is 11.6 Å². The number of nitrogens with one attached hydrogen (secondary N) is 3. The maximum absolute atomic E-state index is 13.9. The number of nitrogens with zero attached hydrogens (tertiary/aromatic N) is 1. The summed E-state index contributed by atoms with van der Waals surface area (Å²) in [7, 11) is 0.